The van der Waals surface area contributed by atoms with E-state index >= 15 is 0 Å². The fraction of sp³-hybridized carbons (Fsp3) is 0.0769. The highest BCUT2D eigenvalue weighted by Gasteiger charge is 2.05. The number of fused-ring (bicyclic) bond motifs is 1. The van der Waals surface area contributed by atoms with E-state index in [1.165, 1.54) is 17.4 Å². The molecule has 3 rings (SSSR count). The maximum atomic E-state index is 13.4. The van der Waals surface area contributed by atoms with Crippen molar-refractivity contribution in [3.63, 3.8) is 0 Å². The normalized spacial score (nSPS) is 10.9. The molecule has 0 amide bonds. The van der Waals surface area contributed by atoms with Crippen LogP contribution in [0.15, 0.2) is 38.9 Å². The van der Waals surface area contributed by atoms with Crippen LogP contribution in [0.1, 0.15) is 5.82 Å². The lowest BCUT2D eigenvalue weighted by Gasteiger charge is -2.06. The van der Waals surface area contributed by atoms with Gasteiger partial charge in [0, 0.05) is 5.69 Å². The number of halogens is 2. The van der Waals surface area contributed by atoms with Crippen LogP contribution in [-0.2, 0) is 6.54 Å². The average molecular weight is 354 g/mol. The highest BCUT2D eigenvalue weighted by Crippen LogP contribution is 2.19. The van der Waals surface area contributed by atoms with Crippen molar-refractivity contribution in [2.24, 2.45) is 0 Å². The third kappa shape index (κ3) is 2.59. The van der Waals surface area contributed by atoms with Crippen LogP contribution in [0.4, 0.5) is 10.1 Å². The summed E-state index contributed by atoms with van der Waals surface area (Å²) >= 11 is 4.46. The van der Waals surface area contributed by atoms with E-state index in [-0.39, 0.29) is 11.4 Å². The second-order valence-corrected chi connectivity index (χ2v) is 5.90. The maximum absolute atomic E-state index is 13.4. The SMILES string of the molecule is O=c1[nH]c(CNc2ccc(Br)c(F)c2)nc2ccsc12. The summed E-state index contributed by atoms with van der Waals surface area (Å²) in [7, 11) is 0. The van der Waals surface area contributed by atoms with Crippen molar-refractivity contribution in [3.05, 3.63) is 56.1 Å². The van der Waals surface area contributed by atoms with Crippen molar-refractivity contribution in [2.75, 3.05) is 5.32 Å². The topological polar surface area (TPSA) is 57.8 Å². The molecule has 2 aromatic heterocycles. The minimum Gasteiger partial charge on any atom is -0.378 e. The molecule has 0 aliphatic rings. The Labute approximate surface area is 125 Å². The number of rotatable bonds is 3. The molecule has 0 fully saturated rings. The molecule has 4 nitrogen and oxygen atoms in total. The molecule has 0 aliphatic carbocycles. The monoisotopic (exact) mass is 353 g/mol. The number of aromatic amines is 1. The van der Waals surface area contributed by atoms with Gasteiger partial charge in [-0.05, 0) is 45.6 Å². The molecule has 0 saturated carbocycles. The van der Waals surface area contributed by atoms with Gasteiger partial charge in [-0.15, -0.1) is 11.3 Å². The van der Waals surface area contributed by atoms with Gasteiger partial charge in [-0.2, -0.15) is 0 Å². The van der Waals surface area contributed by atoms with Crippen molar-refractivity contribution in [1.29, 1.82) is 0 Å². The molecule has 0 bridgehead atoms. The van der Waals surface area contributed by atoms with Gasteiger partial charge in [0.2, 0.25) is 0 Å². The first-order valence-electron chi connectivity index (χ1n) is 5.79. The summed E-state index contributed by atoms with van der Waals surface area (Å²) in [5.41, 5.74) is 1.15. The van der Waals surface area contributed by atoms with Crippen LogP contribution in [0.3, 0.4) is 0 Å². The Morgan fingerprint density at radius 1 is 1.40 bits per heavy atom. The van der Waals surface area contributed by atoms with E-state index in [1.807, 2.05) is 5.38 Å². The standard InChI is InChI=1S/C13H9BrFN3OS/c14-8-2-1-7(5-9(8)15)16-6-11-17-10-3-4-20-12(10)13(19)18-11/h1-5,16H,6H2,(H,17,18,19). The lowest BCUT2D eigenvalue weighted by atomic mass is 10.3. The first-order chi connectivity index (χ1) is 9.63. The predicted molar refractivity (Wildman–Crippen MR) is 81.7 cm³/mol. The molecule has 0 atom stereocenters. The molecule has 2 N–H and O–H groups in total. The molecule has 2 heterocycles. The Morgan fingerprint density at radius 3 is 3.05 bits per heavy atom. The second kappa shape index (κ2) is 5.34. The van der Waals surface area contributed by atoms with Gasteiger partial charge in [-0.3, -0.25) is 4.79 Å². The summed E-state index contributed by atoms with van der Waals surface area (Å²) in [6.45, 7) is 0.322. The van der Waals surface area contributed by atoms with Gasteiger partial charge in [0.05, 0.1) is 16.5 Å². The van der Waals surface area contributed by atoms with E-state index in [9.17, 15) is 9.18 Å². The van der Waals surface area contributed by atoms with Crippen LogP contribution in [0.5, 0.6) is 0 Å². The number of H-pyrrole nitrogens is 1. The lowest BCUT2D eigenvalue weighted by Crippen LogP contribution is -2.13. The van der Waals surface area contributed by atoms with Gasteiger partial charge in [0.15, 0.2) is 0 Å². The smallest absolute Gasteiger partial charge is 0.268 e. The van der Waals surface area contributed by atoms with E-state index < -0.39 is 0 Å². The summed E-state index contributed by atoms with van der Waals surface area (Å²) in [6.07, 6.45) is 0. The van der Waals surface area contributed by atoms with E-state index in [1.54, 1.807) is 18.2 Å². The fourth-order valence-corrected chi connectivity index (χ4v) is 2.77. The number of nitrogens with one attached hydrogen (secondary N) is 2. The molecular formula is C13H9BrFN3OS. The van der Waals surface area contributed by atoms with Crippen molar-refractivity contribution in [2.45, 2.75) is 6.54 Å². The first-order valence-corrected chi connectivity index (χ1v) is 7.46. The zero-order chi connectivity index (χ0) is 14.1. The molecule has 102 valence electrons. The minimum atomic E-state index is -0.343. The molecule has 3 aromatic rings. The molecule has 1 aromatic carbocycles. The van der Waals surface area contributed by atoms with Crippen molar-refractivity contribution in [3.8, 4) is 0 Å². The number of nitrogens with zero attached hydrogens (tertiary/aromatic N) is 1. The highest BCUT2D eigenvalue weighted by atomic mass is 79.9. The lowest BCUT2D eigenvalue weighted by molar-refractivity contribution is 0.621. The molecule has 0 unspecified atom stereocenters. The summed E-state index contributed by atoms with van der Waals surface area (Å²) in [4.78, 5) is 18.8. The van der Waals surface area contributed by atoms with Gasteiger partial charge in [0.25, 0.3) is 5.56 Å². The number of hydrogen-bond donors (Lipinski definition) is 2. The maximum Gasteiger partial charge on any atom is 0.268 e. The van der Waals surface area contributed by atoms with Crippen LogP contribution in [0, 0.1) is 5.82 Å². The largest absolute Gasteiger partial charge is 0.378 e. The zero-order valence-corrected chi connectivity index (χ0v) is 12.5. The summed E-state index contributed by atoms with van der Waals surface area (Å²) < 4.78 is 14.4. The van der Waals surface area contributed by atoms with Gasteiger partial charge in [-0.1, -0.05) is 0 Å². The predicted octanol–water partition coefficient (Wildman–Crippen LogP) is 3.50. The first kappa shape index (κ1) is 13.3. The van der Waals surface area contributed by atoms with Gasteiger partial charge in [-0.25, -0.2) is 9.37 Å². The number of benzene rings is 1. The third-order valence-corrected chi connectivity index (χ3v) is 4.29. The minimum absolute atomic E-state index is 0.149. The van der Waals surface area contributed by atoms with Gasteiger partial charge >= 0.3 is 0 Å². The van der Waals surface area contributed by atoms with E-state index in [4.69, 9.17) is 0 Å². The average Bonchev–Trinajstić information content (AvgIpc) is 2.89. The summed E-state index contributed by atoms with van der Waals surface area (Å²) in [5.74, 6) is 0.175. The summed E-state index contributed by atoms with van der Waals surface area (Å²) in [6, 6.07) is 6.55. The van der Waals surface area contributed by atoms with E-state index in [2.05, 4.69) is 31.2 Å². The molecule has 20 heavy (non-hydrogen) atoms. The molecule has 0 saturated heterocycles. The Morgan fingerprint density at radius 2 is 2.25 bits per heavy atom. The Balaban J connectivity index is 1.82. The molecule has 0 spiro atoms. The number of hydrogen-bond acceptors (Lipinski definition) is 4. The van der Waals surface area contributed by atoms with Crippen LogP contribution >= 0.6 is 27.3 Å². The van der Waals surface area contributed by atoms with Crippen molar-refractivity contribution in [1.82, 2.24) is 9.97 Å². The third-order valence-electron chi connectivity index (χ3n) is 2.74. The second-order valence-electron chi connectivity index (χ2n) is 4.13. The van der Waals surface area contributed by atoms with E-state index in [0.29, 0.717) is 32.7 Å². The van der Waals surface area contributed by atoms with Crippen LogP contribution in [0.2, 0.25) is 0 Å². The number of aromatic nitrogens is 2. The zero-order valence-electron chi connectivity index (χ0n) is 10.1. The molecule has 7 heteroatoms. The van der Waals surface area contributed by atoms with Crippen LogP contribution in [-0.4, -0.2) is 9.97 Å². The molecule has 0 radical (unpaired) electrons. The Hall–Kier alpha value is -1.73. The highest BCUT2D eigenvalue weighted by molar-refractivity contribution is 9.10. The van der Waals surface area contributed by atoms with E-state index in [0.717, 1.165) is 0 Å². The quantitative estimate of drug-likeness (QED) is 0.757. The Kier molecular flexibility index (Phi) is 3.54. The fourth-order valence-electron chi connectivity index (χ4n) is 1.80. The number of thiophene rings is 1. The Bertz CT molecular complexity index is 830. The number of anilines is 1. The van der Waals surface area contributed by atoms with Crippen molar-refractivity contribution >= 4 is 43.2 Å². The van der Waals surface area contributed by atoms with Gasteiger partial charge in [0.1, 0.15) is 16.3 Å². The van der Waals surface area contributed by atoms with Gasteiger partial charge < -0.3 is 10.3 Å². The molecule has 0 aliphatic heterocycles. The van der Waals surface area contributed by atoms with Crippen LogP contribution in [0.25, 0.3) is 10.2 Å². The van der Waals surface area contributed by atoms with Crippen LogP contribution < -0.4 is 10.9 Å². The van der Waals surface area contributed by atoms with Crippen molar-refractivity contribution < 1.29 is 4.39 Å². The summed E-state index contributed by atoms with van der Waals surface area (Å²) in [5, 5.41) is 4.85. The molecular weight excluding hydrogens is 345 g/mol.